The zero-order valence-electron chi connectivity index (χ0n) is 30.0. The highest BCUT2D eigenvalue weighted by Crippen LogP contribution is 2.33. The second-order valence-corrected chi connectivity index (χ2v) is 14.4. The molecule has 0 bridgehead atoms. The fourth-order valence-electron chi connectivity index (χ4n) is 7.55. The lowest BCUT2D eigenvalue weighted by molar-refractivity contribution is 0.0905. The van der Waals surface area contributed by atoms with Crippen LogP contribution in [0, 0.1) is 19.7 Å². The summed E-state index contributed by atoms with van der Waals surface area (Å²) < 4.78 is 14.8. The Morgan fingerprint density at radius 2 is 1.30 bits per heavy atom. The van der Waals surface area contributed by atoms with Crippen LogP contribution in [-0.4, -0.2) is 69.9 Å². The van der Waals surface area contributed by atoms with Crippen LogP contribution in [0.15, 0.2) is 91.6 Å². The molecule has 2 aromatic carbocycles. The van der Waals surface area contributed by atoms with Gasteiger partial charge < -0.3 is 15.5 Å². The monoisotopic (exact) mass is 731 g/mol. The highest BCUT2D eigenvalue weighted by molar-refractivity contribution is 6.33. The summed E-state index contributed by atoms with van der Waals surface area (Å²) in [6.45, 7) is 7.83. The number of nitrogens with one attached hydrogen (secondary N) is 2. The first-order chi connectivity index (χ1) is 25.7. The van der Waals surface area contributed by atoms with E-state index in [2.05, 4.69) is 42.5 Å². The normalized spacial score (nSPS) is 15.7. The Bertz CT molecular complexity index is 2070. The molecule has 2 fully saturated rings. The summed E-state index contributed by atoms with van der Waals surface area (Å²) in [5.41, 5.74) is 6.49. The second kappa shape index (κ2) is 16.2. The summed E-state index contributed by atoms with van der Waals surface area (Å²) in [5, 5.41) is 7.03. The molecule has 0 atom stereocenters. The Kier molecular flexibility index (Phi) is 11.1. The molecule has 7 rings (SSSR count). The van der Waals surface area contributed by atoms with Crippen LogP contribution in [-0.2, 0) is 6.54 Å². The Hall–Kier alpha value is -5.19. The number of halogens is 2. The highest BCUT2D eigenvalue weighted by Gasteiger charge is 2.26. The minimum absolute atomic E-state index is 0.0535. The van der Waals surface area contributed by atoms with Gasteiger partial charge in [0.05, 0.1) is 0 Å². The van der Waals surface area contributed by atoms with Crippen LogP contribution in [0.25, 0.3) is 22.3 Å². The minimum atomic E-state index is -0.365. The number of aromatic nitrogens is 3. The number of anilines is 1. The predicted octanol–water partition coefficient (Wildman–Crippen LogP) is 7.41. The average molecular weight is 732 g/mol. The van der Waals surface area contributed by atoms with Gasteiger partial charge in [-0.25, -0.2) is 9.37 Å². The molecule has 2 aliphatic rings. The fraction of sp³-hybridized carbons (Fsp3) is 0.310. The van der Waals surface area contributed by atoms with Crippen LogP contribution in [0.2, 0.25) is 5.02 Å². The van der Waals surface area contributed by atoms with E-state index < -0.39 is 0 Å². The Labute approximate surface area is 314 Å². The molecule has 0 spiro atoms. The zero-order valence-corrected chi connectivity index (χ0v) is 30.7. The van der Waals surface area contributed by atoms with E-state index in [4.69, 9.17) is 16.6 Å². The summed E-state index contributed by atoms with van der Waals surface area (Å²) in [6, 6.07) is 18.2. The zero-order chi connectivity index (χ0) is 36.9. The van der Waals surface area contributed by atoms with Gasteiger partial charge in [0.1, 0.15) is 11.6 Å². The lowest BCUT2D eigenvalue weighted by Gasteiger charge is -2.34. The van der Waals surface area contributed by atoms with Gasteiger partial charge in [-0.2, -0.15) is 0 Å². The minimum Gasteiger partial charge on any atom is -0.356 e. The number of pyridine rings is 3. The van der Waals surface area contributed by atoms with Crippen molar-refractivity contribution >= 4 is 29.2 Å². The number of likely N-dealkylation sites (tertiary alicyclic amines) is 1. The molecular weight excluding hydrogens is 689 g/mol. The van der Waals surface area contributed by atoms with E-state index in [0.717, 1.165) is 86.5 Å². The van der Waals surface area contributed by atoms with Crippen LogP contribution in [0.3, 0.4) is 0 Å². The second-order valence-electron chi connectivity index (χ2n) is 14.0. The number of carbonyl (C=O) groups is 2. The topological polar surface area (TPSA) is 103 Å². The molecule has 2 saturated heterocycles. The first-order valence-electron chi connectivity index (χ1n) is 18.2. The van der Waals surface area contributed by atoms with E-state index in [1.165, 1.54) is 6.07 Å². The summed E-state index contributed by atoms with van der Waals surface area (Å²) in [4.78, 5) is 44.4. The maximum Gasteiger partial charge on any atom is 0.251 e. The van der Waals surface area contributed by atoms with Crippen LogP contribution >= 0.6 is 11.6 Å². The quantitative estimate of drug-likeness (QED) is 0.163. The predicted molar refractivity (Wildman–Crippen MR) is 206 cm³/mol. The maximum atomic E-state index is 14.8. The van der Waals surface area contributed by atoms with Crippen molar-refractivity contribution in [3.63, 3.8) is 0 Å². The van der Waals surface area contributed by atoms with Gasteiger partial charge in [0.2, 0.25) is 0 Å². The van der Waals surface area contributed by atoms with Gasteiger partial charge in [0.25, 0.3) is 11.8 Å². The standard InChI is InChI=1S/C42H43ClFN7O2/c1-27-34(8-10-36(43)39(27)30-5-3-17-45-24-30)41(52)49-33-15-21-51(22-16-33)38-12-7-29(23-47-38)26-50-19-13-32(14-20-50)48-42(53)35-9-11-37(44)40(28(35)2)31-6-4-18-46-25-31/h3-12,17-18,23-25,32-33H,13-16,19-22,26H2,1-2H3,(H,48,53)(H,49,52). The van der Waals surface area contributed by atoms with Crippen LogP contribution < -0.4 is 15.5 Å². The molecule has 9 nitrogen and oxygen atoms in total. The van der Waals surface area contributed by atoms with E-state index in [0.29, 0.717) is 32.8 Å². The molecule has 0 aliphatic carbocycles. The van der Waals surface area contributed by atoms with Crippen molar-refractivity contribution in [2.45, 2.75) is 58.2 Å². The first-order valence-corrected chi connectivity index (χ1v) is 18.6. The number of benzene rings is 2. The van der Waals surface area contributed by atoms with Gasteiger partial charge in [0, 0.05) is 114 Å². The number of carbonyl (C=O) groups excluding carboxylic acids is 2. The number of piperidine rings is 2. The molecule has 272 valence electrons. The smallest absolute Gasteiger partial charge is 0.251 e. The highest BCUT2D eigenvalue weighted by atomic mass is 35.5. The van der Waals surface area contributed by atoms with Crippen molar-refractivity contribution in [1.82, 2.24) is 30.5 Å². The Morgan fingerprint density at radius 3 is 1.87 bits per heavy atom. The van der Waals surface area contributed by atoms with Crippen LogP contribution in [0.4, 0.5) is 10.2 Å². The maximum absolute atomic E-state index is 14.8. The number of hydrogen-bond donors (Lipinski definition) is 2. The van der Waals surface area contributed by atoms with Gasteiger partial charge >= 0.3 is 0 Å². The summed E-state index contributed by atoms with van der Waals surface area (Å²) in [6.07, 6.45) is 12.0. The SMILES string of the molecule is Cc1c(C(=O)NC2CCN(Cc3ccc(N4CCC(NC(=O)c5ccc(Cl)c(-c6cccnc6)c5C)CC4)nc3)CC2)ccc(F)c1-c1cccnc1. The number of hydrogen-bond acceptors (Lipinski definition) is 7. The third kappa shape index (κ3) is 8.24. The third-order valence-electron chi connectivity index (χ3n) is 10.5. The van der Waals surface area contributed by atoms with E-state index in [1.54, 1.807) is 62.0 Å². The molecule has 2 amide bonds. The molecule has 5 heterocycles. The summed E-state index contributed by atoms with van der Waals surface area (Å²) in [5.74, 6) is 0.312. The largest absolute Gasteiger partial charge is 0.356 e. The molecule has 0 radical (unpaired) electrons. The van der Waals surface area contributed by atoms with Gasteiger partial charge in [-0.15, -0.1) is 0 Å². The van der Waals surface area contributed by atoms with Gasteiger partial charge in [-0.1, -0.05) is 29.8 Å². The molecule has 11 heteroatoms. The summed E-state index contributed by atoms with van der Waals surface area (Å²) in [7, 11) is 0. The molecule has 53 heavy (non-hydrogen) atoms. The molecule has 2 aliphatic heterocycles. The van der Waals surface area contributed by atoms with Crippen molar-refractivity contribution < 1.29 is 14.0 Å². The van der Waals surface area contributed by atoms with Crippen molar-refractivity contribution in [3.8, 4) is 22.3 Å². The van der Waals surface area contributed by atoms with Gasteiger partial charge in [-0.3, -0.25) is 24.5 Å². The lowest BCUT2D eigenvalue weighted by Crippen LogP contribution is -2.45. The van der Waals surface area contributed by atoms with Gasteiger partial charge in [-0.05, 0) is 98.7 Å². The molecular formula is C42H43ClFN7O2. The molecule has 3 aromatic heterocycles. The first kappa shape index (κ1) is 36.2. The summed E-state index contributed by atoms with van der Waals surface area (Å²) >= 11 is 6.53. The Morgan fingerprint density at radius 1 is 0.736 bits per heavy atom. The van der Waals surface area contributed by atoms with Crippen molar-refractivity contribution in [2.75, 3.05) is 31.1 Å². The van der Waals surface area contributed by atoms with E-state index in [1.807, 2.05) is 25.3 Å². The van der Waals surface area contributed by atoms with Crippen LogP contribution in [0.1, 0.15) is 63.1 Å². The molecule has 2 N–H and O–H groups in total. The fourth-order valence-corrected chi connectivity index (χ4v) is 7.86. The molecule has 0 saturated carbocycles. The van der Waals surface area contributed by atoms with Crippen LogP contribution in [0.5, 0.6) is 0 Å². The van der Waals surface area contributed by atoms with E-state index >= 15 is 0 Å². The molecule has 0 unspecified atom stereocenters. The number of nitrogens with zero attached hydrogens (tertiary/aromatic N) is 5. The van der Waals surface area contributed by atoms with Gasteiger partial charge in [0.15, 0.2) is 0 Å². The van der Waals surface area contributed by atoms with E-state index in [-0.39, 0.29) is 29.7 Å². The van der Waals surface area contributed by atoms with Crippen molar-refractivity contribution in [1.29, 1.82) is 0 Å². The number of rotatable bonds is 9. The van der Waals surface area contributed by atoms with Crippen molar-refractivity contribution in [3.05, 3.63) is 130 Å². The molecule has 5 aromatic rings. The van der Waals surface area contributed by atoms with E-state index in [9.17, 15) is 14.0 Å². The average Bonchev–Trinajstić information content (AvgIpc) is 3.17. The van der Waals surface area contributed by atoms with Crippen molar-refractivity contribution in [2.24, 2.45) is 0 Å². The third-order valence-corrected chi connectivity index (χ3v) is 10.8. The Balaban J connectivity index is 0.870. The number of amides is 2. The lowest BCUT2D eigenvalue weighted by atomic mass is 9.95.